The Bertz CT molecular complexity index is 424. The highest BCUT2D eigenvalue weighted by Crippen LogP contribution is 2.10. The highest BCUT2D eigenvalue weighted by Gasteiger charge is 2.17. The van der Waals surface area contributed by atoms with E-state index in [0.717, 1.165) is 5.75 Å². The lowest BCUT2D eigenvalue weighted by Crippen LogP contribution is -2.39. The summed E-state index contributed by atoms with van der Waals surface area (Å²) in [6.45, 7) is 1.66. The second-order valence-electron chi connectivity index (χ2n) is 3.99. The number of rotatable bonds is 6. The van der Waals surface area contributed by atoms with E-state index in [4.69, 9.17) is 9.84 Å². The molecule has 0 radical (unpaired) electrons. The third kappa shape index (κ3) is 5.65. The molecule has 0 saturated heterocycles. The third-order valence-corrected chi connectivity index (χ3v) is 4.33. The van der Waals surface area contributed by atoms with Crippen LogP contribution < -0.4 is 5.32 Å². The fourth-order valence-corrected chi connectivity index (χ4v) is 2.50. The van der Waals surface area contributed by atoms with Crippen molar-refractivity contribution in [2.45, 2.75) is 17.9 Å². The van der Waals surface area contributed by atoms with Gasteiger partial charge in [0.25, 0.3) is 0 Å². The molecule has 0 aromatic heterocycles. The average molecular weight is 284 g/mol. The molecular weight excluding hydrogens is 266 g/mol. The molecule has 0 aliphatic rings. The first kappa shape index (κ1) is 15.4. The monoisotopic (exact) mass is 284 g/mol. The number of benzene rings is 1. The molecule has 1 aromatic carbocycles. The van der Waals surface area contributed by atoms with Gasteiger partial charge in [0.2, 0.25) is 0 Å². The fourth-order valence-electron chi connectivity index (χ4n) is 1.31. The molecule has 0 heterocycles. The van der Waals surface area contributed by atoms with Gasteiger partial charge in [-0.3, -0.25) is 4.79 Å². The first-order chi connectivity index (χ1) is 9.00. The van der Waals surface area contributed by atoms with E-state index in [1.807, 2.05) is 30.3 Å². The molecule has 104 valence electrons. The number of alkyl carbamates (subject to hydrolysis) is 1. The van der Waals surface area contributed by atoms with Crippen LogP contribution in [0.3, 0.4) is 0 Å². The van der Waals surface area contributed by atoms with Crippen molar-refractivity contribution in [2.24, 2.45) is 0 Å². The number of carboxylic acid groups (broad SMARTS) is 1. The zero-order valence-corrected chi connectivity index (χ0v) is 11.8. The minimum Gasteiger partial charge on any atom is -0.480 e. The molecule has 2 N–H and O–H groups in total. The van der Waals surface area contributed by atoms with Gasteiger partial charge in [-0.05, 0) is 19.1 Å². The Kier molecular flexibility index (Phi) is 6.21. The number of aliphatic carboxylic acids is 1. The Labute approximate surface area is 115 Å². The largest absolute Gasteiger partial charge is 0.480 e. The first-order valence-corrected chi connectivity index (χ1v) is 7.64. The van der Waals surface area contributed by atoms with Crippen molar-refractivity contribution in [1.29, 1.82) is 0 Å². The Balaban J connectivity index is 2.27. The zero-order valence-electron chi connectivity index (χ0n) is 11.0. The third-order valence-electron chi connectivity index (χ3n) is 2.47. The Morgan fingerprint density at radius 1 is 1.37 bits per heavy atom. The summed E-state index contributed by atoms with van der Waals surface area (Å²) in [4.78, 5) is 23.0. The zero-order chi connectivity index (χ0) is 14.3. The minimum atomic E-state index is -1.09. The minimum absolute atomic E-state index is 0.00738. The number of hydrogen-bond acceptors (Lipinski definition) is 3. The first-order valence-electron chi connectivity index (χ1n) is 5.84. The molecule has 0 saturated carbocycles. The van der Waals surface area contributed by atoms with Gasteiger partial charge in [0, 0.05) is 10.9 Å². The SMILES string of the molecule is C[C@H](NC(=O)OCC[S+](C)c1ccccc1)C(=O)O. The maximum atomic E-state index is 11.3. The van der Waals surface area contributed by atoms with Gasteiger partial charge in [0.1, 0.15) is 24.7 Å². The number of hydrogen-bond donors (Lipinski definition) is 2. The van der Waals surface area contributed by atoms with E-state index >= 15 is 0 Å². The smallest absolute Gasteiger partial charge is 0.408 e. The van der Waals surface area contributed by atoms with Gasteiger partial charge in [-0.25, -0.2) is 4.79 Å². The van der Waals surface area contributed by atoms with Crippen molar-refractivity contribution in [3.05, 3.63) is 30.3 Å². The van der Waals surface area contributed by atoms with Crippen LogP contribution in [0.2, 0.25) is 0 Å². The van der Waals surface area contributed by atoms with Gasteiger partial charge in [0.15, 0.2) is 4.90 Å². The summed E-state index contributed by atoms with van der Waals surface area (Å²) in [7, 11) is 0.00738. The summed E-state index contributed by atoms with van der Waals surface area (Å²) >= 11 is 0. The van der Waals surface area contributed by atoms with Crippen LogP contribution in [0.15, 0.2) is 35.2 Å². The van der Waals surface area contributed by atoms with Gasteiger partial charge in [0.05, 0.1) is 0 Å². The normalized spacial score (nSPS) is 13.4. The maximum Gasteiger partial charge on any atom is 0.408 e. The van der Waals surface area contributed by atoms with Crippen LogP contribution in [-0.4, -0.2) is 41.8 Å². The van der Waals surface area contributed by atoms with E-state index in [0.29, 0.717) is 0 Å². The maximum absolute atomic E-state index is 11.3. The van der Waals surface area contributed by atoms with E-state index in [-0.39, 0.29) is 17.5 Å². The number of nitrogens with one attached hydrogen (secondary N) is 1. The molecule has 6 heteroatoms. The molecule has 2 atom stereocenters. The van der Waals surface area contributed by atoms with Crippen LogP contribution >= 0.6 is 0 Å². The predicted molar refractivity (Wildman–Crippen MR) is 74.4 cm³/mol. The standard InChI is InChI=1S/C13H17NO4S/c1-10(12(15)16)14-13(17)18-8-9-19(2)11-6-4-3-5-7-11/h3-7,10H,8-9H2,1-2H3,(H-,14,15,16,17)/p+1/t10-,19?/m0/s1. The van der Waals surface area contributed by atoms with Crippen molar-refractivity contribution >= 4 is 23.0 Å². The molecule has 1 rings (SSSR count). The van der Waals surface area contributed by atoms with Crippen molar-refractivity contribution in [2.75, 3.05) is 18.6 Å². The Morgan fingerprint density at radius 2 is 2.00 bits per heavy atom. The van der Waals surface area contributed by atoms with E-state index < -0.39 is 18.1 Å². The number of carbonyl (C=O) groups is 2. The molecule has 5 nitrogen and oxygen atoms in total. The molecule has 1 aromatic rings. The van der Waals surface area contributed by atoms with E-state index in [2.05, 4.69) is 11.6 Å². The molecule has 0 aliphatic carbocycles. The number of ether oxygens (including phenoxy) is 1. The van der Waals surface area contributed by atoms with Crippen LogP contribution in [0.5, 0.6) is 0 Å². The fraction of sp³-hybridized carbons (Fsp3) is 0.385. The second-order valence-corrected chi connectivity index (χ2v) is 6.15. The van der Waals surface area contributed by atoms with Gasteiger partial charge in [-0.1, -0.05) is 18.2 Å². The van der Waals surface area contributed by atoms with Crippen molar-refractivity contribution in [1.82, 2.24) is 5.32 Å². The van der Waals surface area contributed by atoms with E-state index in [9.17, 15) is 9.59 Å². The molecular formula is C13H18NO4S+. The summed E-state index contributed by atoms with van der Waals surface area (Å²) in [6.07, 6.45) is 1.39. The lowest BCUT2D eigenvalue weighted by molar-refractivity contribution is -0.138. The Hall–Kier alpha value is -1.69. The van der Waals surface area contributed by atoms with Gasteiger partial charge in [-0.15, -0.1) is 0 Å². The topological polar surface area (TPSA) is 75.6 Å². The molecule has 19 heavy (non-hydrogen) atoms. The molecule has 0 bridgehead atoms. The van der Waals surface area contributed by atoms with Gasteiger partial charge < -0.3 is 15.2 Å². The molecule has 1 amide bonds. The van der Waals surface area contributed by atoms with Crippen LogP contribution in [0.25, 0.3) is 0 Å². The van der Waals surface area contributed by atoms with Crippen LogP contribution in [-0.2, 0) is 20.4 Å². The molecule has 0 spiro atoms. The Morgan fingerprint density at radius 3 is 2.58 bits per heavy atom. The summed E-state index contributed by atoms with van der Waals surface area (Å²) in [5.74, 6) is -0.365. The van der Waals surface area contributed by atoms with Crippen LogP contribution in [0, 0.1) is 0 Å². The van der Waals surface area contributed by atoms with Crippen molar-refractivity contribution in [3.8, 4) is 0 Å². The summed E-state index contributed by atoms with van der Waals surface area (Å²) in [5.41, 5.74) is 0. The molecule has 0 aliphatic heterocycles. The highest BCUT2D eigenvalue weighted by atomic mass is 32.2. The number of carbonyl (C=O) groups excluding carboxylic acids is 1. The quantitative estimate of drug-likeness (QED) is 0.776. The van der Waals surface area contributed by atoms with Gasteiger partial charge in [-0.2, -0.15) is 0 Å². The number of carboxylic acids is 1. The highest BCUT2D eigenvalue weighted by molar-refractivity contribution is 7.96. The van der Waals surface area contributed by atoms with Gasteiger partial charge >= 0.3 is 12.1 Å². The van der Waals surface area contributed by atoms with Crippen molar-refractivity contribution < 1.29 is 19.4 Å². The predicted octanol–water partition coefficient (Wildman–Crippen LogP) is 1.49. The molecule has 1 unspecified atom stereocenters. The van der Waals surface area contributed by atoms with Crippen LogP contribution in [0.4, 0.5) is 4.79 Å². The second kappa shape index (κ2) is 7.68. The van der Waals surface area contributed by atoms with E-state index in [1.165, 1.54) is 11.8 Å². The molecule has 0 fully saturated rings. The van der Waals surface area contributed by atoms with Crippen molar-refractivity contribution in [3.63, 3.8) is 0 Å². The summed E-state index contributed by atoms with van der Waals surface area (Å²) < 4.78 is 4.95. The summed E-state index contributed by atoms with van der Waals surface area (Å²) in [5, 5.41) is 10.9. The average Bonchev–Trinajstić information content (AvgIpc) is 2.39. The number of amides is 1. The lowest BCUT2D eigenvalue weighted by atomic mass is 10.4. The van der Waals surface area contributed by atoms with Crippen LogP contribution in [0.1, 0.15) is 6.92 Å². The van der Waals surface area contributed by atoms with E-state index in [1.54, 1.807) is 0 Å². The lowest BCUT2D eigenvalue weighted by Gasteiger charge is -2.09. The summed E-state index contributed by atoms with van der Waals surface area (Å²) in [6, 6.07) is 9.03.